The fourth-order valence-corrected chi connectivity index (χ4v) is 4.27. The van der Waals surface area contributed by atoms with Crippen molar-refractivity contribution >= 4 is 23.5 Å². The summed E-state index contributed by atoms with van der Waals surface area (Å²) >= 11 is 0. The Morgan fingerprint density at radius 1 is 1.13 bits per heavy atom. The summed E-state index contributed by atoms with van der Waals surface area (Å²) in [6.45, 7) is 2.20. The fraction of sp³-hybridized carbons (Fsp3) is 0.348. The molecule has 4 rings (SSSR count). The monoisotopic (exact) mass is 409 g/mol. The van der Waals surface area contributed by atoms with E-state index in [1.54, 1.807) is 4.90 Å². The summed E-state index contributed by atoms with van der Waals surface area (Å²) in [5.74, 6) is -1.18. The van der Waals surface area contributed by atoms with Crippen LogP contribution in [0.5, 0.6) is 0 Å². The van der Waals surface area contributed by atoms with Gasteiger partial charge in [-0.1, -0.05) is 50.1 Å². The summed E-state index contributed by atoms with van der Waals surface area (Å²) in [5.41, 5.74) is 1.15. The Bertz CT molecular complexity index is 991. The number of hydrogen-bond acceptors (Lipinski definition) is 3. The molecule has 0 spiro atoms. The third-order valence-corrected chi connectivity index (χ3v) is 5.90. The van der Waals surface area contributed by atoms with Crippen LogP contribution < -0.4 is 10.2 Å². The molecule has 0 aliphatic carbocycles. The zero-order valence-corrected chi connectivity index (χ0v) is 16.9. The van der Waals surface area contributed by atoms with Crippen LogP contribution in [0.15, 0.2) is 48.5 Å². The van der Waals surface area contributed by atoms with E-state index in [4.69, 9.17) is 0 Å². The van der Waals surface area contributed by atoms with Crippen molar-refractivity contribution < 1.29 is 18.8 Å². The molecule has 1 N–H and O–H groups in total. The standard InChI is InChI=1S/C23H24FN3O3/c1-2-3-13-23(17-8-10-18(24)11-9-17)21(29)27(22(30)25-23)15-20(28)26-14-12-16-6-4-5-7-19(16)26/h4-11H,2-3,12-15H2,1H3,(H,25,30)/t23-/m1/s1. The molecular weight excluding hydrogens is 385 g/mol. The number of anilines is 1. The van der Waals surface area contributed by atoms with E-state index in [1.807, 2.05) is 31.2 Å². The van der Waals surface area contributed by atoms with Gasteiger partial charge in [-0.15, -0.1) is 0 Å². The van der Waals surface area contributed by atoms with E-state index >= 15 is 0 Å². The summed E-state index contributed by atoms with van der Waals surface area (Å²) in [6.07, 6.45) is 2.66. The minimum Gasteiger partial charge on any atom is -0.319 e. The van der Waals surface area contributed by atoms with Crippen LogP contribution in [0, 0.1) is 5.82 Å². The number of carbonyl (C=O) groups is 3. The minimum atomic E-state index is -1.27. The number of nitrogens with zero attached hydrogens (tertiary/aromatic N) is 2. The average molecular weight is 409 g/mol. The van der Waals surface area contributed by atoms with Crippen molar-refractivity contribution in [2.24, 2.45) is 0 Å². The molecule has 4 amide bonds. The van der Waals surface area contributed by atoms with Gasteiger partial charge in [0, 0.05) is 12.2 Å². The molecule has 2 aliphatic heterocycles. The third-order valence-electron chi connectivity index (χ3n) is 5.90. The van der Waals surface area contributed by atoms with E-state index in [-0.39, 0.29) is 12.5 Å². The van der Waals surface area contributed by atoms with Crippen molar-refractivity contribution in [1.82, 2.24) is 10.2 Å². The largest absolute Gasteiger partial charge is 0.325 e. The predicted molar refractivity (Wildman–Crippen MR) is 110 cm³/mol. The summed E-state index contributed by atoms with van der Waals surface area (Å²) in [4.78, 5) is 41.7. The molecule has 0 radical (unpaired) electrons. The Morgan fingerprint density at radius 3 is 2.60 bits per heavy atom. The van der Waals surface area contributed by atoms with Crippen molar-refractivity contribution in [2.45, 2.75) is 38.1 Å². The second kappa shape index (κ2) is 7.89. The SMILES string of the molecule is CCCC[C@]1(c2ccc(F)cc2)NC(=O)N(CC(=O)N2CCc3ccccc32)C1=O. The molecule has 0 bridgehead atoms. The van der Waals surface area contributed by atoms with Gasteiger partial charge in [-0.25, -0.2) is 9.18 Å². The maximum absolute atomic E-state index is 13.4. The molecular formula is C23H24FN3O3. The van der Waals surface area contributed by atoms with E-state index in [0.717, 1.165) is 29.0 Å². The van der Waals surface area contributed by atoms with Crippen LogP contribution in [0.2, 0.25) is 0 Å². The zero-order valence-electron chi connectivity index (χ0n) is 16.9. The van der Waals surface area contributed by atoms with Gasteiger partial charge in [0.05, 0.1) is 0 Å². The Labute approximate surface area is 174 Å². The number of urea groups is 1. The van der Waals surface area contributed by atoms with Crippen LogP contribution in [0.4, 0.5) is 14.9 Å². The molecule has 1 saturated heterocycles. The minimum absolute atomic E-state index is 0.297. The van der Waals surface area contributed by atoms with Gasteiger partial charge in [0.25, 0.3) is 5.91 Å². The fourth-order valence-electron chi connectivity index (χ4n) is 4.27. The number of benzene rings is 2. The summed E-state index contributed by atoms with van der Waals surface area (Å²) in [7, 11) is 0. The first kappa shape index (κ1) is 20.1. The molecule has 0 unspecified atom stereocenters. The first-order chi connectivity index (χ1) is 14.5. The molecule has 30 heavy (non-hydrogen) atoms. The van der Waals surface area contributed by atoms with Gasteiger partial charge >= 0.3 is 6.03 Å². The van der Waals surface area contributed by atoms with Gasteiger partial charge in [0.1, 0.15) is 17.9 Å². The van der Waals surface area contributed by atoms with Gasteiger partial charge in [-0.3, -0.25) is 14.5 Å². The van der Waals surface area contributed by atoms with Gasteiger partial charge in [-0.05, 0) is 42.2 Å². The van der Waals surface area contributed by atoms with Crippen molar-refractivity contribution in [2.75, 3.05) is 18.0 Å². The molecule has 6 nitrogen and oxygen atoms in total. The van der Waals surface area contributed by atoms with E-state index in [2.05, 4.69) is 5.32 Å². The molecule has 2 aromatic carbocycles. The molecule has 0 saturated carbocycles. The number of amides is 4. The highest BCUT2D eigenvalue weighted by Gasteiger charge is 2.52. The van der Waals surface area contributed by atoms with Crippen molar-refractivity contribution in [1.29, 1.82) is 0 Å². The van der Waals surface area contributed by atoms with E-state index < -0.39 is 23.3 Å². The first-order valence-electron chi connectivity index (χ1n) is 10.2. The predicted octanol–water partition coefficient (Wildman–Crippen LogP) is 3.35. The van der Waals surface area contributed by atoms with Crippen LogP contribution >= 0.6 is 0 Å². The third kappa shape index (κ3) is 3.34. The lowest BCUT2D eigenvalue weighted by Gasteiger charge is -2.27. The van der Waals surface area contributed by atoms with Crippen molar-refractivity contribution in [3.8, 4) is 0 Å². The number of para-hydroxylation sites is 1. The Hall–Kier alpha value is -3.22. The quantitative estimate of drug-likeness (QED) is 0.744. The second-order valence-electron chi connectivity index (χ2n) is 7.76. The number of fused-ring (bicyclic) bond motifs is 1. The average Bonchev–Trinajstić information content (AvgIpc) is 3.28. The molecule has 1 fully saturated rings. The van der Waals surface area contributed by atoms with E-state index in [1.165, 1.54) is 24.3 Å². The Kier molecular flexibility index (Phi) is 5.28. The van der Waals surface area contributed by atoms with Crippen molar-refractivity contribution in [3.63, 3.8) is 0 Å². The Balaban J connectivity index is 1.59. The van der Waals surface area contributed by atoms with Gasteiger partial charge in [0.15, 0.2) is 0 Å². The molecule has 2 aromatic rings. The highest BCUT2D eigenvalue weighted by molar-refractivity contribution is 6.11. The van der Waals surface area contributed by atoms with Gasteiger partial charge < -0.3 is 10.2 Å². The second-order valence-corrected chi connectivity index (χ2v) is 7.76. The lowest BCUT2D eigenvalue weighted by Crippen LogP contribution is -2.45. The molecule has 1 atom stereocenters. The van der Waals surface area contributed by atoms with Crippen LogP contribution in [0.1, 0.15) is 37.3 Å². The zero-order chi connectivity index (χ0) is 21.3. The van der Waals surface area contributed by atoms with Gasteiger partial charge in [-0.2, -0.15) is 0 Å². The Morgan fingerprint density at radius 2 is 1.87 bits per heavy atom. The number of unbranched alkanes of at least 4 members (excludes halogenated alkanes) is 1. The van der Waals surface area contributed by atoms with Gasteiger partial charge in [0.2, 0.25) is 5.91 Å². The normalized spacial score (nSPS) is 20.5. The number of imide groups is 1. The summed E-state index contributed by atoms with van der Waals surface area (Å²) in [6, 6.07) is 12.6. The highest BCUT2D eigenvalue weighted by Crippen LogP contribution is 2.35. The maximum Gasteiger partial charge on any atom is 0.325 e. The number of nitrogens with one attached hydrogen (secondary N) is 1. The number of halogens is 1. The summed E-state index contributed by atoms with van der Waals surface area (Å²) in [5, 5.41) is 2.80. The maximum atomic E-state index is 13.4. The number of carbonyl (C=O) groups excluding carboxylic acids is 3. The van der Waals surface area contributed by atoms with Crippen molar-refractivity contribution in [3.05, 3.63) is 65.5 Å². The van der Waals surface area contributed by atoms with E-state index in [9.17, 15) is 18.8 Å². The molecule has 7 heteroatoms. The lowest BCUT2D eigenvalue weighted by atomic mass is 9.85. The number of hydrogen-bond donors (Lipinski definition) is 1. The van der Waals surface area contributed by atoms with Crippen LogP contribution in [-0.4, -0.2) is 35.8 Å². The van der Waals surface area contributed by atoms with Crippen LogP contribution in [0.3, 0.4) is 0 Å². The first-order valence-corrected chi connectivity index (χ1v) is 10.2. The molecule has 2 heterocycles. The van der Waals surface area contributed by atoms with E-state index in [0.29, 0.717) is 24.9 Å². The smallest absolute Gasteiger partial charge is 0.319 e. The highest BCUT2D eigenvalue weighted by atomic mass is 19.1. The topological polar surface area (TPSA) is 69.7 Å². The molecule has 156 valence electrons. The molecule has 2 aliphatic rings. The van der Waals surface area contributed by atoms with Crippen LogP contribution in [-0.2, 0) is 21.5 Å². The lowest BCUT2D eigenvalue weighted by molar-refractivity contribution is -0.134. The number of rotatable bonds is 6. The molecule has 0 aromatic heterocycles. The van der Waals surface area contributed by atoms with Crippen LogP contribution in [0.25, 0.3) is 0 Å². The summed E-state index contributed by atoms with van der Waals surface area (Å²) < 4.78 is 13.4.